The van der Waals surface area contributed by atoms with Crippen molar-refractivity contribution < 1.29 is 18.0 Å². The summed E-state index contributed by atoms with van der Waals surface area (Å²) in [6.45, 7) is 0.819. The zero-order valence-corrected chi connectivity index (χ0v) is 11.9. The molecule has 0 heterocycles. The molecule has 0 fully saturated rings. The summed E-state index contributed by atoms with van der Waals surface area (Å²) in [5.74, 6) is -0.466. The van der Waals surface area contributed by atoms with E-state index in [9.17, 15) is 18.0 Å². The van der Waals surface area contributed by atoms with Gasteiger partial charge in [-0.1, -0.05) is 0 Å². The Labute approximate surface area is 117 Å². The minimum atomic E-state index is -4.47. The zero-order valence-electron chi connectivity index (χ0n) is 10.3. The molecular weight excluding hydrogens is 325 g/mol. The fourth-order valence-corrected chi connectivity index (χ4v) is 1.92. The van der Waals surface area contributed by atoms with Gasteiger partial charge in [-0.15, -0.1) is 0 Å². The Bertz CT molecular complexity index is 463. The highest BCUT2D eigenvalue weighted by atomic mass is 79.9. The van der Waals surface area contributed by atoms with Gasteiger partial charge in [-0.3, -0.25) is 4.79 Å². The number of benzene rings is 1. The number of nitrogens with zero attached hydrogens (tertiary/aromatic N) is 1. The van der Waals surface area contributed by atoms with E-state index in [0.717, 1.165) is 12.1 Å². The van der Waals surface area contributed by atoms with Crippen LogP contribution in [0.3, 0.4) is 0 Å². The number of hydrogen-bond acceptors (Lipinski definition) is 2. The molecule has 1 aromatic rings. The second-order valence-corrected chi connectivity index (χ2v) is 4.92. The molecule has 0 atom stereocenters. The predicted octanol–water partition coefficient (Wildman–Crippen LogP) is 2.89. The van der Waals surface area contributed by atoms with E-state index in [1.807, 2.05) is 0 Å². The summed E-state index contributed by atoms with van der Waals surface area (Å²) < 4.78 is 38.2. The number of alkyl halides is 3. The van der Waals surface area contributed by atoms with E-state index < -0.39 is 17.6 Å². The normalized spacial score (nSPS) is 11.5. The van der Waals surface area contributed by atoms with E-state index in [1.165, 1.54) is 18.0 Å². The average molecular weight is 339 g/mol. The molecule has 7 heteroatoms. The average Bonchev–Trinajstić information content (AvgIpc) is 2.34. The lowest BCUT2D eigenvalue weighted by Gasteiger charge is -2.18. The number of nitrogens with two attached hydrogens (primary N) is 1. The number of carbonyl (C=O) groups excluding carboxylic acids is 1. The van der Waals surface area contributed by atoms with Crippen molar-refractivity contribution in [3.8, 4) is 0 Å². The Morgan fingerprint density at radius 1 is 1.42 bits per heavy atom. The maximum absolute atomic E-state index is 12.6. The highest BCUT2D eigenvalue weighted by molar-refractivity contribution is 9.10. The lowest BCUT2D eigenvalue weighted by Crippen LogP contribution is -2.29. The first kappa shape index (κ1) is 16.0. The van der Waals surface area contributed by atoms with E-state index >= 15 is 0 Å². The van der Waals surface area contributed by atoms with Crippen molar-refractivity contribution in [3.63, 3.8) is 0 Å². The first-order valence-corrected chi connectivity index (χ1v) is 6.39. The lowest BCUT2D eigenvalue weighted by atomic mass is 10.1. The molecule has 3 nitrogen and oxygen atoms in total. The van der Waals surface area contributed by atoms with Crippen molar-refractivity contribution in [2.45, 2.75) is 12.6 Å². The van der Waals surface area contributed by atoms with Crippen LogP contribution in [0.1, 0.15) is 22.3 Å². The number of amides is 1. The second-order valence-electron chi connectivity index (χ2n) is 4.06. The fraction of sp³-hybridized carbons (Fsp3) is 0.417. The third-order valence-corrected chi connectivity index (χ3v) is 3.26. The van der Waals surface area contributed by atoms with Crippen molar-refractivity contribution in [1.82, 2.24) is 4.90 Å². The number of halogens is 4. The minimum Gasteiger partial charge on any atom is -0.342 e. The number of rotatable bonds is 4. The van der Waals surface area contributed by atoms with Gasteiger partial charge in [-0.05, 0) is 47.1 Å². The summed E-state index contributed by atoms with van der Waals surface area (Å²) in [5, 5.41) is 0. The van der Waals surface area contributed by atoms with Crippen LogP contribution in [0.2, 0.25) is 0 Å². The van der Waals surface area contributed by atoms with Crippen LogP contribution in [-0.2, 0) is 6.18 Å². The molecule has 1 aromatic carbocycles. The number of hydrogen-bond donors (Lipinski definition) is 1. The third-order valence-electron chi connectivity index (χ3n) is 2.57. The molecule has 0 spiro atoms. The predicted molar refractivity (Wildman–Crippen MR) is 69.8 cm³/mol. The Morgan fingerprint density at radius 2 is 2.05 bits per heavy atom. The monoisotopic (exact) mass is 338 g/mol. The molecule has 0 aliphatic rings. The van der Waals surface area contributed by atoms with Gasteiger partial charge in [0.05, 0.1) is 11.1 Å². The molecular formula is C12H14BrF3N2O. The van der Waals surface area contributed by atoms with Crippen LogP contribution < -0.4 is 5.73 Å². The molecule has 0 bridgehead atoms. The van der Waals surface area contributed by atoms with Gasteiger partial charge >= 0.3 is 6.18 Å². The Hall–Kier alpha value is -1.08. The molecule has 0 aliphatic heterocycles. The summed E-state index contributed by atoms with van der Waals surface area (Å²) in [6, 6.07) is 3.01. The largest absolute Gasteiger partial charge is 0.416 e. The molecule has 0 saturated carbocycles. The van der Waals surface area contributed by atoms with Gasteiger partial charge in [-0.25, -0.2) is 0 Å². The lowest BCUT2D eigenvalue weighted by molar-refractivity contribution is -0.137. The van der Waals surface area contributed by atoms with E-state index in [4.69, 9.17) is 5.73 Å². The summed E-state index contributed by atoms with van der Waals surface area (Å²) in [4.78, 5) is 13.4. The zero-order chi connectivity index (χ0) is 14.6. The van der Waals surface area contributed by atoms with Gasteiger partial charge in [0, 0.05) is 18.1 Å². The molecule has 1 amide bonds. The summed E-state index contributed by atoms with van der Waals surface area (Å²) >= 11 is 3.09. The maximum Gasteiger partial charge on any atom is 0.416 e. The SMILES string of the molecule is CN(CCCN)C(=O)c1cc(C(F)(F)F)ccc1Br. The van der Waals surface area contributed by atoms with Gasteiger partial charge in [0.15, 0.2) is 0 Å². The Morgan fingerprint density at radius 3 is 2.58 bits per heavy atom. The van der Waals surface area contributed by atoms with Crippen LogP contribution in [-0.4, -0.2) is 30.9 Å². The van der Waals surface area contributed by atoms with Crippen LogP contribution in [0.4, 0.5) is 13.2 Å². The van der Waals surface area contributed by atoms with Crippen molar-refractivity contribution in [3.05, 3.63) is 33.8 Å². The fourth-order valence-electron chi connectivity index (χ4n) is 1.50. The molecule has 1 rings (SSSR count). The highest BCUT2D eigenvalue weighted by Crippen LogP contribution is 2.32. The molecule has 19 heavy (non-hydrogen) atoms. The molecule has 0 aromatic heterocycles. The van der Waals surface area contributed by atoms with Crippen LogP contribution in [0.15, 0.2) is 22.7 Å². The molecule has 0 aliphatic carbocycles. The van der Waals surface area contributed by atoms with Gasteiger partial charge in [0.1, 0.15) is 0 Å². The van der Waals surface area contributed by atoms with E-state index in [1.54, 1.807) is 0 Å². The van der Waals surface area contributed by atoms with Crippen molar-refractivity contribution in [2.75, 3.05) is 20.1 Å². The molecule has 2 N–H and O–H groups in total. The smallest absolute Gasteiger partial charge is 0.342 e. The minimum absolute atomic E-state index is 0.00523. The summed E-state index contributed by atoms with van der Waals surface area (Å²) in [6.07, 6.45) is -3.87. The molecule has 106 valence electrons. The van der Waals surface area contributed by atoms with Crippen LogP contribution >= 0.6 is 15.9 Å². The third kappa shape index (κ3) is 4.21. The summed E-state index contributed by atoms with van der Waals surface area (Å²) in [5.41, 5.74) is 4.48. The van der Waals surface area contributed by atoms with E-state index in [0.29, 0.717) is 24.0 Å². The quantitative estimate of drug-likeness (QED) is 0.917. The van der Waals surface area contributed by atoms with Gasteiger partial charge in [0.25, 0.3) is 5.91 Å². The Kier molecular flexibility index (Phi) is 5.37. The molecule has 0 radical (unpaired) electrons. The van der Waals surface area contributed by atoms with Crippen LogP contribution in [0.25, 0.3) is 0 Å². The summed E-state index contributed by atoms with van der Waals surface area (Å²) in [7, 11) is 1.53. The first-order valence-electron chi connectivity index (χ1n) is 5.59. The van der Waals surface area contributed by atoms with Crippen molar-refractivity contribution >= 4 is 21.8 Å². The Balaban J connectivity index is 3.02. The van der Waals surface area contributed by atoms with E-state index in [2.05, 4.69) is 15.9 Å². The standard InChI is InChI=1S/C12H14BrF3N2O/c1-18(6-2-5-17)11(19)9-7-8(12(14,15)16)3-4-10(9)13/h3-4,7H,2,5-6,17H2,1H3. The van der Waals surface area contributed by atoms with Crippen molar-refractivity contribution in [2.24, 2.45) is 5.73 Å². The van der Waals surface area contributed by atoms with E-state index in [-0.39, 0.29) is 5.56 Å². The molecule has 0 unspecified atom stereocenters. The number of carbonyl (C=O) groups is 1. The maximum atomic E-state index is 12.6. The molecule has 0 saturated heterocycles. The van der Waals surface area contributed by atoms with Gasteiger partial charge < -0.3 is 10.6 Å². The van der Waals surface area contributed by atoms with Crippen LogP contribution in [0.5, 0.6) is 0 Å². The second kappa shape index (κ2) is 6.38. The van der Waals surface area contributed by atoms with Gasteiger partial charge in [-0.2, -0.15) is 13.2 Å². The van der Waals surface area contributed by atoms with Gasteiger partial charge in [0.2, 0.25) is 0 Å². The van der Waals surface area contributed by atoms with Crippen molar-refractivity contribution in [1.29, 1.82) is 0 Å². The highest BCUT2D eigenvalue weighted by Gasteiger charge is 2.31. The first-order chi connectivity index (χ1) is 8.77. The van der Waals surface area contributed by atoms with Crippen LogP contribution in [0, 0.1) is 0 Å². The topological polar surface area (TPSA) is 46.3 Å².